The summed E-state index contributed by atoms with van der Waals surface area (Å²) < 4.78 is 0. The van der Waals surface area contributed by atoms with E-state index in [1.807, 2.05) is 22.4 Å². The van der Waals surface area contributed by atoms with Crippen LogP contribution in [0.25, 0.3) is 0 Å². The van der Waals surface area contributed by atoms with Crippen LogP contribution >= 0.6 is 22.9 Å². The quantitative estimate of drug-likeness (QED) is 0.862. The highest BCUT2D eigenvalue weighted by Crippen LogP contribution is 2.30. The van der Waals surface area contributed by atoms with Gasteiger partial charge in [-0.2, -0.15) is 0 Å². The minimum atomic E-state index is 0.0419. The molecule has 0 aliphatic heterocycles. The summed E-state index contributed by atoms with van der Waals surface area (Å²) in [5.74, 6) is 0.0419. The Labute approximate surface area is 120 Å². The summed E-state index contributed by atoms with van der Waals surface area (Å²) in [6.07, 6.45) is 3.93. The van der Waals surface area contributed by atoms with Crippen LogP contribution in [0.2, 0.25) is 5.02 Å². The molecule has 0 atom stereocenters. The number of halogens is 1. The lowest BCUT2D eigenvalue weighted by Crippen LogP contribution is -2.32. The average molecular weight is 293 g/mol. The fraction of sp³-hybridized carbons (Fsp3) is 0.286. The Morgan fingerprint density at radius 3 is 2.95 bits per heavy atom. The standard InChI is InChI=1S/C14H13ClN2OS/c15-11-3-1-2-10(8-11)14(18)17(12-4-5-12)9-13-16-6-7-19-13/h1-3,6-8,12H,4-5,9H2. The van der Waals surface area contributed by atoms with E-state index in [0.29, 0.717) is 23.2 Å². The summed E-state index contributed by atoms with van der Waals surface area (Å²) in [6.45, 7) is 0.591. The Morgan fingerprint density at radius 1 is 1.47 bits per heavy atom. The Balaban J connectivity index is 1.82. The van der Waals surface area contributed by atoms with E-state index in [9.17, 15) is 4.79 Å². The molecule has 5 heteroatoms. The zero-order chi connectivity index (χ0) is 13.2. The molecule has 1 aromatic carbocycles. The SMILES string of the molecule is O=C(c1cccc(Cl)c1)N(Cc1nccs1)C1CC1. The summed E-state index contributed by atoms with van der Waals surface area (Å²) in [6, 6.07) is 7.48. The van der Waals surface area contributed by atoms with Gasteiger partial charge in [-0.1, -0.05) is 17.7 Å². The maximum atomic E-state index is 12.5. The van der Waals surface area contributed by atoms with Gasteiger partial charge in [-0.05, 0) is 31.0 Å². The zero-order valence-electron chi connectivity index (χ0n) is 10.3. The molecule has 0 unspecified atom stereocenters. The van der Waals surface area contributed by atoms with Gasteiger partial charge in [0.05, 0.1) is 6.54 Å². The van der Waals surface area contributed by atoms with Crippen molar-refractivity contribution in [2.24, 2.45) is 0 Å². The Morgan fingerprint density at radius 2 is 2.32 bits per heavy atom. The zero-order valence-corrected chi connectivity index (χ0v) is 11.8. The number of rotatable bonds is 4. The number of hydrogen-bond donors (Lipinski definition) is 0. The predicted molar refractivity (Wildman–Crippen MR) is 76.5 cm³/mol. The first-order valence-electron chi connectivity index (χ1n) is 6.19. The van der Waals surface area contributed by atoms with E-state index < -0.39 is 0 Å². The number of thiazole rings is 1. The van der Waals surface area contributed by atoms with Crippen molar-refractivity contribution in [3.63, 3.8) is 0 Å². The van der Waals surface area contributed by atoms with Crippen LogP contribution < -0.4 is 0 Å². The lowest BCUT2D eigenvalue weighted by molar-refractivity contribution is 0.0730. The second kappa shape index (κ2) is 5.31. The summed E-state index contributed by atoms with van der Waals surface area (Å²) in [7, 11) is 0. The van der Waals surface area contributed by atoms with Gasteiger partial charge in [-0.15, -0.1) is 11.3 Å². The maximum absolute atomic E-state index is 12.5. The minimum absolute atomic E-state index is 0.0419. The van der Waals surface area contributed by atoms with Crippen molar-refractivity contribution < 1.29 is 4.79 Å². The van der Waals surface area contributed by atoms with Gasteiger partial charge >= 0.3 is 0 Å². The molecular formula is C14H13ClN2OS. The number of carbonyl (C=O) groups is 1. The molecule has 98 valence electrons. The topological polar surface area (TPSA) is 33.2 Å². The second-order valence-electron chi connectivity index (χ2n) is 4.60. The van der Waals surface area contributed by atoms with Gasteiger partial charge < -0.3 is 4.90 Å². The normalized spacial score (nSPS) is 14.4. The number of carbonyl (C=O) groups excluding carboxylic acids is 1. The third-order valence-electron chi connectivity index (χ3n) is 3.11. The van der Waals surface area contributed by atoms with Crippen molar-refractivity contribution in [1.82, 2.24) is 9.88 Å². The van der Waals surface area contributed by atoms with E-state index in [1.165, 1.54) is 0 Å². The van der Waals surface area contributed by atoms with Crippen LogP contribution in [-0.2, 0) is 6.54 Å². The third kappa shape index (κ3) is 2.96. The molecule has 1 heterocycles. The number of aromatic nitrogens is 1. The fourth-order valence-corrected chi connectivity index (χ4v) is 2.82. The highest BCUT2D eigenvalue weighted by Gasteiger charge is 2.33. The summed E-state index contributed by atoms with van der Waals surface area (Å²) in [5.41, 5.74) is 0.649. The summed E-state index contributed by atoms with van der Waals surface area (Å²) in [4.78, 5) is 18.7. The molecule has 2 aromatic rings. The molecule has 1 saturated carbocycles. The van der Waals surface area contributed by atoms with Gasteiger partial charge in [0.25, 0.3) is 5.91 Å². The van der Waals surface area contributed by atoms with E-state index in [4.69, 9.17) is 11.6 Å². The van der Waals surface area contributed by atoms with Crippen molar-refractivity contribution in [3.05, 3.63) is 51.4 Å². The van der Waals surface area contributed by atoms with E-state index in [1.54, 1.807) is 29.7 Å². The number of amides is 1. The molecule has 1 amide bonds. The van der Waals surface area contributed by atoms with E-state index in [2.05, 4.69) is 4.98 Å². The fourth-order valence-electron chi connectivity index (χ4n) is 2.02. The molecule has 1 aliphatic rings. The maximum Gasteiger partial charge on any atom is 0.254 e. The van der Waals surface area contributed by atoms with Gasteiger partial charge in [-0.25, -0.2) is 4.98 Å². The number of nitrogens with zero attached hydrogens (tertiary/aromatic N) is 2. The molecule has 3 rings (SSSR count). The molecule has 0 N–H and O–H groups in total. The van der Waals surface area contributed by atoms with Gasteiger partial charge in [0.1, 0.15) is 5.01 Å². The smallest absolute Gasteiger partial charge is 0.254 e. The molecule has 1 aromatic heterocycles. The van der Waals surface area contributed by atoms with Gasteiger partial charge in [0.2, 0.25) is 0 Å². The van der Waals surface area contributed by atoms with Crippen molar-refractivity contribution in [2.45, 2.75) is 25.4 Å². The summed E-state index contributed by atoms with van der Waals surface area (Å²) >= 11 is 7.53. The molecule has 0 spiro atoms. The van der Waals surface area contributed by atoms with Gasteiger partial charge in [-0.3, -0.25) is 4.79 Å². The van der Waals surface area contributed by atoms with Crippen molar-refractivity contribution in [1.29, 1.82) is 0 Å². The van der Waals surface area contributed by atoms with E-state index in [0.717, 1.165) is 17.8 Å². The number of benzene rings is 1. The van der Waals surface area contributed by atoms with Crippen LogP contribution in [0.5, 0.6) is 0 Å². The highest BCUT2D eigenvalue weighted by atomic mass is 35.5. The number of hydrogen-bond acceptors (Lipinski definition) is 3. The minimum Gasteiger partial charge on any atom is -0.329 e. The average Bonchev–Trinajstić information content (AvgIpc) is 3.12. The van der Waals surface area contributed by atoms with E-state index >= 15 is 0 Å². The summed E-state index contributed by atoms with van der Waals surface area (Å²) in [5, 5.41) is 3.50. The van der Waals surface area contributed by atoms with Gasteiger partial charge in [0, 0.05) is 28.2 Å². The van der Waals surface area contributed by atoms with E-state index in [-0.39, 0.29) is 5.91 Å². The highest BCUT2D eigenvalue weighted by molar-refractivity contribution is 7.09. The lowest BCUT2D eigenvalue weighted by Gasteiger charge is -2.21. The van der Waals surface area contributed by atoms with Crippen molar-refractivity contribution in [3.8, 4) is 0 Å². The predicted octanol–water partition coefficient (Wildman–Crippen LogP) is 3.60. The first-order chi connectivity index (χ1) is 9.24. The lowest BCUT2D eigenvalue weighted by atomic mass is 10.2. The van der Waals surface area contributed by atoms with Crippen LogP contribution in [0.4, 0.5) is 0 Å². The molecule has 0 saturated heterocycles. The molecule has 19 heavy (non-hydrogen) atoms. The molecule has 0 bridgehead atoms. The van der Waals surface area contributed by atoms with Crippen LogP contribution in [0.1, 0.15) is 28.2 Å². The molecule has 1 aliphatic carbocycles. The molecule has 1 fully saturated rings. The molecular weight excluding hydrogens is 280 g/mol. The van der Waals surface area contributed by atoms with Crippen molar-refractivity contribution >= 4 is 28.8 Å². The second-order valence-corrected chi connectivity index (χ2v) is 6.02. The first-order valence-corrected chi connectivity index (χ1v) is 7.45. The Hall–Kier alpha value is -1.39. The Kier molecular flexibility index (Phi) is 3.53. The van der Waals surface area contributed by atoms with Crippen molar-refractivity contribution in [2.75, 3.05) is 0 Å². The van der Waals surface area contributed by atoms with Crippen LogP contribution in [-0.4, -0.2) is 21.8 Å². The Bertz CT molecular complexity index is 581. The van der Waals surface area contributed by atoms with Crippen LogP contribution in [0, 0.1) is 0 Å². The monoisotopic (exact) mass is 292 g/mol. The molecule has 3 nitrogen and oxygen atoms in total. The molecule has 0 radical (unpaired) electrons. The first kappa shape index (κ1) is 12.6. The van der Waals surface area contributed by atoms with Gasteiger partial charge in [0.15, 0.2) is 0 Å². The largest absolute Gasteiger partial charge is 0.329 e. The van der Waals surface area contributed by atoms with Crippen LogP contribution in [0.3, 0.4) is 0 Å². The third-order valence-corrected chi connectivity index (χ3v) is 4.11. The van der Waals surface area contributed by atoms with Crippen LogP contribution in [0.15, 0.2) is 35.8 Å².